The van der Waals surface area contributed by atoms with Gasteiger partial charge in [0.1, 0.15) is 11.6 Å². The molecule has 1 heterocycles. The zero-order valence-electron chi connectivity index (χ0n) is 15.7. The van der Waals surface area contributed by atoms with Gasteiger partial charge < -0.3 is 14.5 Å². The zero-order chi connectivity index (χ0) is 20.1. The standard InChI is InChI=1S/C20H20FN3O3S/c1-12-5-4-6-17(13(12)2)22-18(25)11-28-20-24-23-19(27-20)14(3)26-16-9-7-15(21)8-10-16/h4-10,14H,11H2,1-3H3,(H,22,25)/t14-/m0/s1. The number of ether oxygens (including phenoxy) is 1. The molecule has 0 saturated carbocycles. The first-order valence-corrected chi connectivity index (χ1v) is 9.65. The first-order valence-electron chi connectivity index (χ1n) is 8.67. The van der Waals surface area contributed by atoms with Crippen LogP contribution in [0, 0.1) is 19.7 Å². The number of nitrogens with zero attached hydrogens (tertiary/aromatic N) is 2. The van der Waals surface area contributed by atoms with Crippen LogP contribution in [0.2, 0.25) is 0 Å². The lowest BCUT2D eigenvalue weighted by Gasteiger charge is -2.10. The van der Waals surface area contributed by atoms with E-state index in [1.165, 1.54) is 24.3 Å². The molecule has 3 rings (SSSR count). The largest absolute Gasteiger partial charge is 0.481 e. The number of benzene rings is 2. The fraction of sp³-hybridized carbons (Fsp3) is 0.250. The van der Waals surface area contributed by atoms with Crippen LogP contribution in [0.15, 0.2) is 52.1 Å². The summed E-state index contributed by atoms with van der Waals surface area (Å²) in [4.78, 5) is 12.2. The molecular formula is C20H20FN3O3S. The average molecular weight is 401 g/mol. The van der Waals surface area contributed by atoms with Crippen molar-refractivity contribution in [3.8, 4) is 5.75 Å². The fourth-order valence-electron chi connectivity index (χ4n) is 2.41. The Balaban J connectivity index is 1.53. The van der Waals surface area contributed by atoms with Gasteiger partial charge in [-0.3, -0.25) is 4.79 Å². The third kappa shape index (κ3) is 5.10. The molecule has 0 aliphatic carbocycles. The van der Waals surface area contributed by atoms with Crippen molar-refractivity contribution >= 4 is 23.4 Å². The minimum absolute atomic E-state index is 0.141. The first-order chi connectivity index (χ1) is 13.4. The van der Waals surface area contributed by atoms with Gasteiger partial charge >= 0.3 is 0 Å². The molecule has 0 radical (unpaired) electrons. The molecule has 0 aliphatic heterocycles. The molecule has 0 unspecified atom stereocenters. The van der Waals surface area contributed by atoms with E-state index in [0.717, 1.165) is 28.6 Å². The Labute approximate surface area is 166 Å². The first kappa shape index (κ1) is 19.9. The molecule has 0 fully saturated rings. The number of halogens is 1. The van der Waals surface area contributed by atoms with Crippen molar-refractivity contribution in [2.75, 3.05) is 11.1 Å². The van der Waals surface area contributed by atoms with Gasteiger partial charge in [0.05, 0.1) is 5.75 Å². The van der Waals surface area contributed by atoms with E-state index >= 15 is 0 Å². The highest BCUT2D eigenvalue weighted by Crippen LogP contribution is 2.24. The van der Waals surface area contributed by atoms with Gasteiger partial charge in [0, 0.05) is 5.69 Å². The predicted octanol–water partition coefficient (Wildman–Crippen LogP) is 4.70. The summed E-state index contributed by atoms with van der Waals surface area (Å²) in [6.07, 6.45) is -0.504. The molecule has 0 aliphatic rings. The minimum atomic E-state index is -0.504. The lowest BCUT2D eigenvalue weighted by molar-refractivity contribution is -0.113. The molecule has 0 bridgehead atoms. The molecule has 2 aromatic carbocycles. The minimum Gasteiger partial charge on any atom is -0.481 e. The van der Waals surface area contributed by atoms with E-state index in [1.807, 2.05) is 32.0 Å². The number of aromatic nitrogens is 2. The summed E-state index contributed by atoms with van der Waals surface area (Å²) in [7, 11) is 0. The maximum Gasteiger partial charge on any atom is 0.277 e. The highest BCUT2D eigenvalue weighted by molar-refractivity contribution is 7.99. The van der Waals surface area contributed by atoms with Crippen molar-refractivity contribution in [2.24, 2.45) is 0 Å². The number of hydrogen-bond donors (Lipinski definition) is 1. The van der Waals surface area contributed by atoms with Gasteiger partial charge in [-0.2, -0.15) is 0 Å². The summed E-state index contributed by atoms with van der Waals surface area (Å²) in [5, 5.41) is 11.0. The summed E-state index contributed by atoms with van der Waals surface area (Å²) in [6.45, 7) is 5.71. The van der Waals surface area contributed by atoms with E-state index in [2.05, 4.69) is 15.5 Å². The Bertz CT molecular complexity index is 960. The normalized spacial score (nSPS) is 11.9. The summed E-state index contributed by atoms with van der Waals surface area (Å²) in [5.74, 6) is 0.419. The van der Waals surface area contributed by atoms with Gasteiger partial charge in [0.15, 0.2) is 6.10 Å². The molecule has 1 amide bonds. The number of thioether (sulfide) groups is 1. The van der Waals surface area contributed by atoms with Crippen LogP contribution in [0.5, 0.6) is 5.75 Å². The molecule has 0 saturated heterocycles. The number of anilines is 1. The second-order valence-corrected chi connectivity index (χ2v) is 7.13. The van der Waals surface area contributed by atoms with Gasteiger partial charge in [0.2, 0.25) is 5.91 Å². The Morgan fingerprint density at radius 1 is 1.21 bits per heavy atom. The topological polar surface area (TPSA) is 77.2 Å². The molecule has 146 valence electrons. The van der Waals surface area contributed by atoms with Crippen molar-refractivity contribution in [1.29, 1.82) is 0 Å². The zero-order valence-corrected chi connectivity index (χ0v) is 16.5. The highest BCUT2D eigenvalue weighted by atomic mass is 32.2. The molecule has 28 heavy (non-hydrogen) atoms. The van der Waals surface area contributed by atoms with E-state index < -0.39 is 6.10 Å². The van der Waals surface area contributed by atoms with Crippen molar-refractivity contribution in [1.82, 2.24) is 10.2 Å². The third-order valence-corrected chi connectivity index (χ3v) is 4.92. The van der Waals surface area contributed by atoms with Crippen LogP contribution in [-0.4, -0.2) is 21.9 Å². The molecular weight excluding hydrogens is 381 g/mol. The number of carbonyl (C=O) groups is 1. The number of nitrogens with one attached hydrogen (secondary N) is 1. The molecule has 8 heteroatoms. The number of hydrogen-bond acceptors (Lipinski definition) is 6. The Morgan fingerprint density at radius 3 is 2.71 bits per heavy atom. The lowest BCUT2D eigenvalue weighted by atomic mass is 10.1. The van der Waals surface area contributed by atoms with Gasteiger partial charge in [-0.25, -0.2) is 4.39 Å². The van der Waals surface area contributed by atoms with E-state index in [9.17, 15) is 9.18 Å². The van der Waals surface area contributed by atoms with E-state index in [0.29, 0.717) is 5.75 Å². The van der Waals surface area contributed by atoms with Gasteiger partial charge in [-0.15, -0.1) is 10.2 Å². The SMILES string of the molecule is Cc1cccc(NC(=O)CSc2nnc([C@H](C)Oc3ccc(F)cc3)o2)c1C. The summed E-state index contributed by atoms with van der Waals surface area (Å²) < 4.78 is 24.1. The predicted molar refractivity (Wildman–Crippen MR) is 105 cm³/mol. The maximum atomic E-state index is 12.9. The number of aryl methyl sites for hydroxylation is 1. The van der Waals surface area contributed by atoms with Crippen LogP contribution in [0.3, 0.4) is 0 Å². The third-order valence-electron chi connectivity index (χ3n) is 4.10. The van der Waals surface area contributed by atoms with E-state index in [-0.39, 0.29) is 28.6 Å². The van der Waals surface area contributed by atoms with Crippen molar-refractivity contribution in [3.63, 3.8) is 0 Å². The Morgan fingerprint density at radius 2 is 1.96 bits per heavy atom. The van der Waals surface area contributed by atoms with Gasteiger partial charge in [-0.05, 0) is 62.2 Å². The molecule has 1 N–H and O–H groups in total. The Kier molecular flexibility index (Phi) is 6.30. The monoisotopic (exact) mass is 401 g/mol. The van der Waals surface area contributed by atoms with Gasteiger partial charge in [0.25, 0.3) is 11.1 Å². The Hall–Kier alpha value is -2.87. The molecule has 1 atom stereocenters. The maximum absolute atomic E-state index is 12.9. The quantitative estimate of drug-likeness (QED) is 0.579. The number of carbonyl (C=O) groups excluding carboxylic acids is 1. The summed E-state index contributed by atoms with van der Waals surface area (Å²) in [5.41, 5.74) is 2.94. The van der Waals surface area contributed by atoms with Gasteiger partial charge in [-0.1, -0.05) is 23.9 Å². The average Bonchev–Trinajstić information content (AvgIpc) is 3.15. The van der Waals surface area contributed by atoms with E-state index in [4.69, 9.17) is 9.15 Å². The second kappa shape index (κ2) is 8.88. The van der Waals surface area contributed by atoms with Crippen molar-refractivity contribution in [3.05, 3.63) is 65.3 Å². The molecule has 6 nitrogen and oxygen atoms in total. The van der Waals surface area contributed by atoms with E-state index in [1.54, 1.807) is 6.92 Å². The van der Waals surface area contributed by atoms with Crippen LogP contribution in [0.1, 0.15) is 30.0 Å². The van der Waals surface area contributed by atoms with Crippen LogP contribution in [0.25, 0.3) is 0 Å². The number of rotatable bonds is 7. The van der Waals surface area contributed by atoms with Crippen molar-refractivity contribution < 1.29 is 18.3 Å². The smallest absolute Gasteiger partial charge is 0.277 e. The van der Waals surface area contributed by atoms with Crippen molar-refractivity contribution in [2.45, 2.75) is 32.1 Å². The van der Waals surface area contributed by atoms with Crippen LogP contribution in [-0.2, 0) is 4.79 Å². The fourth-order valence-corrected chi connectivity index (χ4v) is 2.98. The van der Waals surface area contributed by atoms with Crippen LogP contribution in [0.4, 0.5) is 10.1 Å². The lowest BCUT2D eigenvalue weighted by Crippen LogP contribution is -2.15. The number of amides is 1. The second-order valence-electron chi connectivity index (χ2n) is 6.20. The summed E-state index contributed by atoms with van der Waals surface area (Å²) in [6, 6.07) is 11.4. The highest BCUT2D eigenvalue weighted by Gasteiger charge is 2.17. The van der Waals surface area contributed by atoms with Crippen LogP contribution < -0.4 is 10.1 Å². The molecule has 3 aromatic rings. The molecule has 0 spiro atoms. The van der Waals surface area contributed by atoms with Crippen LogP contribution >= 0.6 is 11.8 Å². The summed E-state index contributed by atoms with van der Waals surface area (Å²) >= 11 is 1.15. The molecule has 1 aromatic heterocycles.